The second kappa shape index (κ2) is 8.64. The molecule has 0 saturated carbocycles. The number of alkyl halides is 3. The van der Waals surface area contributed by atoms with E-state index in [1.54, 1.807) is 0 Å². The van der Waals surface area contributed by atoms with Crippen molar-refractivity contribution in [2.45, 2.75) is 32.4 Å². The second-order valence-electron chi connectivity index (χ2n) is 6.39. The first-order valence-corrected chi connectivity index (χ1v) is 8.34. The van der Waals surface area contributed by atoms with Gasteiger partial charge in [-0.2, -0.15) is 18.3 Å². The van der Waals surface area contributed by atoms with Crippen molar-refractivity contribution in [2.75, 3.05) is 0 Å². The lowest BCUT2D eigenvalue weighted by Gasteiger charge is -2.08. The number of nitrogens with one attached hydrogen (secondary N) is 1. The zero-order valence-corrected chi connectivity index (χ0v) is 15.2. The van der Waals surface area contributed by atoms with Crippen molar-refractivity contribution in [3.63, 3.8) is 0 Å². The average molecular weight is 393 g/mol. The molecule has 28 heavy (non-hydrogen) atoms. The van der Waals surface area contributed by atoms with Crippen molar-refractivity contribution >= 4 is 17.8 Å². The number of nitro benzene ring substituents is 1. The minimum atomic E-state index is -4.71. The minimum absolute atomic E-state index is 0.132. The molecule has 0 aliphatic heterocycles. The molecule has 1 N–H and O–H groups in total. The molecule has 0 unspecified atom stereocenters. The van der Waals surface area contributed by atoms with E-state index >= 15 is 0 Å². The molecule has 148 valence electrons. The maximum Gasteiger partial charge on any atom is 0.416 e. The van der Waals surface area contributed by atoms with Gasteiger partial charge in [-0.25, -0.2) is 5.43 Å². The summed E-state index contributed by atoms with van der Waals surface area (Å²) in [5, 5.41) is 14.8. The highest BCUT2D eigenvalue weighted by Crippen LogP contribution is 2.33. The summed E-state index contributed by atoms with van der Waals surface area (Å²) in [5.74, 6) is -0.303. The summed E-state index contributed by atoms with van der Waals surface area (Å²) in [6.45, 7) is 4.12. The molecule has 1 amide bonds. The van der Waals surface area contributed by atoms with Crippen LogP contribution in [0.15, 0.2) is 47.6 Å². The Balaban J connectivity index is 2.05. The lowest BCUT2D eigenvalue weighted by atomic mass is 10.0. The van der Waals surface area contributed by atoms with E-state index in [2.05, 4.69) is 24.4 Å². The molecule has 2 rings (SSSR count). The van der Waals surface area contributed by atoms with E-state index in [9.17, 15) is 28.1 Å². The standard InChI is InChI=1S/C19H18F3N3O3/c1-12(2)14-5-3-13(4-6-14)11-23-24-18(26)9-15-7-8-16(19(20,21)22)10-17(15)25(27)28/h3-8,10-12H,9H2,1-2H3,(H,24,26). The number of nitro groups is 1. The summed E-state index contributed by atoms with van der Waals surface area (Å²) < 4.78 is 38.1. The summed E-state index contributed by atoms with van der Waals surface area (Å²) in [4.78, 5) is 22.0. The molecule has 0 aliphatic carbocycles. The Hall–Kier alpha value is -3.23. The summed E-state index contributed by atoms with van der Waals surface area (Å²) in [6.07, 6.45) is -3.78. The zero-order chi connectivity index (χ0) is 20.9. The van der Waals surface area contributed by atoms with E-state index in [-0.39, 0.29) is 5.56 Å². The van der Waals surface area contributed by atoms with Gasteiger partial charge in [0.05, 0.1) is 23.1 Å². The molecule has 0 heterocycles. The van der Waals surface area contributed by atoms with Crippen LogP contribution in [-0.2, 0) is 17.4 Å². The Kier molecular flexibility index (Phi) is 6.50. The van der Waals surface area contributed by atoms with Crippen molar-refractivity contribution in [1.29, 1.82) is 0 Å². The van der Waals surface area contributed by atoms with Crippen molar-refractivity contribution in [2.24, 2.45) is 5.10 Å². The number of amides is 1. The lowest BCUT2D eigenvalue weighted by molar-refractivity contribution is -0.385. The van der Waals surface area contributed by atoms with Gasteiger partial charge in [-0.3, -0.25) is 14.9 Å². The maximum atomic E-state index is 12.7. The molecular weight excluding hydrogens is 375 g/mol. The molecule has 0 radical (unpaired) electrons. The quantitative estimate of drug-likeness (QED) is 0.448. The Bertz CT molecular complexity index is 892. The fraction of sp³-hybridized carbons (Fsp3) is 0.263. The monoisotopic (exact) mass is 393 g/mol. The van der Waals surface area contributed by atoms with Crippen LogP contribution in [0.1, 0.15) is 42.0 Å². The van der Waals surface area contributed by atoms with Gasteiger partial charge in [0, 0.05) is 11.6 Å². The molecule has 2 aromatic rings. The number of carbonyl (C=O) groups excluding carboxylic acids is 1. The Morgan fingerprint density at radius 1 is 1.21 bits per heavy atom. The fourth-order valence-corrected chi connectivity index (χ4v) is 2.42. The van der Waals surface area contributed by atoms with Crippen molar-refractivity contribution in [3.8, 4) is 0 Å². The van der Waals surface area contributed by atoms with Gasteiger partial charge in [-0.1, -0.05) is 44.2 Å². The number of hydrogen-bond donors (Lipinski definition) is 1. The number of rotatable bonds is 6. The summed E-state index contributed by atoms with van der Waals surface area (Å²) in [6, 6.07) is 9.56. The maximum absolute atomic E-state index is 12.7. The number of benzene rings is 2. The largest absolute Gasteiger partial charge is 0.416 e. The van der Waals surface area contributed by atoms with Crippen LogP contribution in [-0.4, -0.2) is 17.0 Å². The highest BCUT2D eigenvalue weighted by molar-refractivity contribution is 5.83. The third-order valence-corrected chi connectivity index (χ3v) is 3.97. The molecule has 0 atom stereocenters. The molecular formula is C19H18F3N3O3. The molecule has 6 nitrogen and oxygen atoms in total. The van der Waals surface area contributed by atoms with Gasteiger partial charge in [0.1, 0.15) is 0 Å². The zero-order valence-electron chi connectivity index (χ0n) is 15.2. The SMILES string of the molecule is CC(C)c1ccc(C=NNC(=O)Cc2ccc(C(F)(F)F)cc2[N+](=O)[O-])cc1. The van der Waals surface area contributed by atoms with Gasteiger partial charge in [0.2, 0.25) is 5.91 Å². The Morgan fingerprint density at radius 2 is 1.86 bits per heavy atom. The number of hydrogen-bond acceptors (Lipinski definition) is 4. The van der Waals surface area contributed by atoms with Crippen LogP contribution in [0.4, 0.5) is 18.9 Å². The van der Waals surface area contributed by atoms with Gasteiger partial charge in [0.25, 0.3) is 5.69 Å². The average Bonchev–Trinajstić information content (AvgIpc) is 2.61. The lowest BCUT2D eigenvalue weighted by Crippen LogP contribution is -2.20. The van der Waals surface area contributed by atoms with Crippen LogP contribution < -0.4 is 5.43 Å². The van der Waals surface area contributed by atoms with Crippen LogP contribution in [0.3, 0.4) is 0 Å². The van der Waals surface area contributed by atoms with Crippen LogP contribution in [0.25, 0.3) is 0 Å². The van der Waals surface area contributed by atoms with E-state index in [0.717, 1.165) is 17.2 Å². The Morgan fingerprint density at radius 3 is 2.39 bits per heavy atom. The van der Waals surface area contributed by atoms with E-state index in [4.69, 9.17) is 0 Å². The summed E-state index contributed by atoms with van der Waals surface area (Å²) >= 11 is 0. The van der Waals surface area contributed by atoms with Crippen LogP contribution in [0.2, 0.25) is 0 Å². The first-order valence-electron chi connectivity index (χ1n) is 8.34. The highest BCUT2D eigenvalue weighted by atomic mass is 19.4. The van der Waals surface area contributed by atoms with Gasteiger partial charge in [-0.15, -0.1) is 0 Å². The smallest absolute Gasteiger partial charge is 0.273 e. The summed E-state index contributed by atoms with van der Waals surface area (Å²) in [7, 11) is 0. The molecule has 0 fully saturated rings. The molecule has 0 spiro atoms. The molecule has 9 heteroatoms. The third kappa shape index (κ3) is 5.63. The van der Waals surface area contributed by atoms with E-state index < -0.39 is 34.7 Å². The topological polar surface area (TPSA) is 84.6 Å². The van der Waals surface area contributed by atoms with Gasteiger partial charge in [-0.05, 0) is 23.1 Å². The predicted molar refractivity (Wildman–Crippen MR) is 98.1 cm³/mol. The minimum Gasteiger partial charge on any atom is -0.273 e. The van der Waals surface area contributed by atoms with Crippen molar-refractivity contribution in [1.82, 2.24) is 5.43 Å². The summed E-state index contributed by atoms with van der Waals surface area (Å²) in [5.41, 5.74) is 2.06. The van der Waals surface area contributed by atoms with Crippen LogP contribution in [0, 0.1) is 10.1 Å². The molecule has 2 aromatic carbocycles. The van der Waals surface area contributed by atoms with E-state index in [1.165, 1.54) is 6.21 Å². The predicted octanol–water partition coefficient (Wildman–Crippen LogP) is 4.43. The molecule has 0 bridgehead atoms. The third-order valence-electron chi connectivity index (χ3n) is 3.97. The van der Waals surface area contributed by atoms with Crippen LogP contribution >= 0.6 is 0 Å². The Labute approximate surface area is 159 Å². The fourth-order valence-electron chi connectivity index (χ4n) is 2.42. The second-order valence-corrected chi connectivity index (χ2v) is 6.39. The number of hydrazone groups is 1. The first kappa shape index (κ1) is 21.1. The van der Waals surface area contributed by atoms with Crippen LogP contribution in [0.5, 0.6) is 0 Å². The molecule has 0 saturated heterocycles. The highest BCUT2D eigenvalue weighted by Gasteiger charge is 2.33. The van der Waals surface area contributed by atoms with E-state index in [1.807, 2.05) is 24.3 Å². The van der Waals surface area contributed by atoms with Crippen molar-refractivity contribution < 1.29 is 22.9 Å². The number of halogens is 3. The van der Waals surface area contributed by atoms with Gasteiger partial charge < -0.3 is 0 Å². The normalized spacial score (nSPS) is 11.8. The van der Waals surface area contributed by atoms with Gasteiger partial charge in [0.15, 0.2) is 0 Å². The number of nitrogens with zero attached hydrogens (tertiary/aromatic N) is 2. The first-order chi connectivity index (χ1) is 13.1. The van der Waals surface area contributed by atoms with E-state index in [0.29, 0.717) is 18.1 Å². The molecule has 0 aliphatic rings. The van der Waals surface area contributed by atoms with Crippen molar-refractivity contribution in [3.05, 3.63) is 74.8 Å². The molecule has 0 aromatic heterocycles. The number of carbonyl (C=O) groups is 1. The van der Waals surface area contributed by atoms with Gasteiger partial charge >= 0.3 is 6.18 Å².